The fourth-order valence-corrected chi connectivity index (χ4v) is 3.26. The summed E-state index contributed by atoms with van der Waals surface area (Å²) >= 11 is 0. The largest absolute Gasteiger partial charge is 0.344 e. The fourth-order valence-electron chi connectivity index (χ4n) is 3.26. The summed E-state index contributed by atoms with van der Waals surface area (Å²) in [4.78, 5) is 28.7. The maximum Gasteiger partial charge on any atom is 0.282 e. The Balaban J connectivity index is 1.37. The number of nitrogens with one attached hydrogen (secondary N) is 2. The topological polar surface area (TPSA) is 86.3 Å². The van der Waals surface area contributed by atoms with Crippen LogP contribution >= 0.6 is 0 Å². The molecule has 2 fully saturated rings. The van der Waals surface area contributed by atoms with Crippen molar-refractivity contribution < 1.29 is 13.6 Å². The van der Waals surface area contributed by atoms with E-state index in [0.717, 1.165) is 19.6 Å². The molecule has 10 heteroatoms. The van der Waals surface area contributed by atoms with Gasteiger partial charge in [0.2, 0.25) is 5.95 Å². The lowest BCUT2D eigenvalue weighted by atomic mass is 10.1. The Labute approximate surface area is 161 Å². The van der Waals surface area contributed by atoms with Crippen molar-refractivity contribution in [3.8, 4) is 0 Å². The lowest BCUT2D eigenvalue weighted by Crippen LogP contribution is -2.56. The predicted octanol–water partition coefficient (Wildman–Crippen LogP) is 1.38. The molecule has 8 nitrogen and oxygen atoms in total. The molecule has 0 radical (unpaired) electrons. The van der Waals surface area contributed by atoms with Gasteiger partial charge in [0.1, 0.15) is 5.82 Å². The lowest BCUT2D eigenvalue weighted by molar-refractivity contribution is -0.0267. The first-order chi connectivity index (χ1) is 13.4. The quantitative estimate of drug-likeness (QED) is 0.817. The number of anilines is 3. The lowest BCUT2D eigenvalue weighted by Gasteiger charge is -2.39. The second-order valence-electron chi connectivity index (χ2n) is 7.09. The maximum absolute atomic E-state index is 12.9. The van der Waals surface area contributed by atoms with E-state index >= 15 is 0 Å². The number of alkyl halides is 2. The molecule has 0 bridgehead atoms. The molecule has 2 aliphatic rings. The number of carbonyl (C=O) groups excluding carboxylic acids is 1. The number of hydrogen-bond acceptors (Lipinski definition) is 7. The van der Waals surface area contributed by atoms with Gasteiger partial charge in [-0.15, -0.1) is 0 Å². The minimum atomic E-state index is -2.66. The van der Waals surface area contributed by atoms with E-state index in [1.165, 1.54) is 11.1 Å². The molecule has 2 aromatic heterocycles. The van der Waals surface area contributed by atoms with E-state index in [-0.39, 0.29) is 19.0 Å². The highest BCUT2D eigenvalue weighted by molar-refractivity contribution is 6.04. The number of piperazine rings is 1. The number of rotatable bonds is 4. The van der Waals surface area contributed by atoms with Gasteiger partial charge < -0.3 is 20.4 Å². The van der Waals surface area contributed by atoms with Crippen molar-refractivity contribution in [3.05, 3.63) is 36.3 Å². The molecule has 1 atom stereocenters. The molecular weight excluding hydrogens is 368 g/mol. The molecule has 0 spiro atoms. The molecular formula is C18H21F2N7O. The highest BCUT2D eigenvalue weighted by Crippen LogP contribution is 2.30. The number of aromatic nitrogens is 3. The van der Waals surface area contributed by atoms with Gasteiger partial charge in [0.25, 0.3) is 11.8 Å². The number of hydrogen-bond donors (Lipinski definition) is 2. The van der Waals surface area contributed by atoms with Gasteiger partial charge >= 0.3 is 0 Å². The second kappa shape index (κ2) is 7.27. The highest BCUT2D eigenvalue weighted by Gasteiger charge is 2.44. The van der Waals surface area contributed by atoms with Crippen LogP contribution in [0.15, 0.2) is 30.7 Å². The molecule has 4 rings (SSSR count). The molecule has 2 aromatic rings. The van der Waals surface area contributed by atoms with E-state index in [4.69, 9.17) is 0 Å². The summed E-state index contributed by atoms with van der Waals surface area (Å²) < 4.78 is 25.9. The van der Waals surface area contributed by atoms with Crippen molar-refractivity contribution in [1.29, 1.82) is 0 Å². The molecule has 2 N–H and O–H groups in total. The van der Waals surface area contributed by atoms with Crippen molar-refractivity contribution in [2.75, 3.05) is 47.8 Å². The van der Waals surface area contributed by atoms with Crippen molar-refractivity contribution in [2.45, 2.75) is 18.9 Å². The van der Waals surface area contributed by atoms with E-state index < -0.39 is 5.92 Å². The maximum atomic E-state index is 12.9. The Morgan fingerprint density at radius 2 is 1.96 bits per heavy atom. The van der Waals surface area contributed by atoms with Crippen LogP contribution in [0.1, 0.15) is 17.3 Å². The first kappa shape index (κ1) is 18.5. The zero-order valence-electron chi connectivity index (χ0n) is 15.4. The summed E-state index contributed by atoms with van der Waals surface area (Å²) in [6.45, 7) is 3.99. The third kappa shape index (κ3) is 3.86. The summed E-state index contributed by atoms with van der Waals surface area (Å²) in [6.07, 6.45) is 4.51. The van der Waals surface area contributed by atoms with Crippen LogP contribution in [0.25, 0.3) is 0 Å². The van der Waals surface area contributed by atoms with Crippen molar-refractivity contribution in [1.82, 2.24) is 20.3 Å². The summed E-state index contributed by atoms with van der Waals surface area (Å²) in [5.74, 6) is -1.96. The van der Waals surface area contributed by atoms with Gasteiger partial charge in [-0.25, -0.2) is 23.7 Å². The Bertz CT molecular complexity index is 836. The van der Waals surface area contributed by atoms with Crippen molar-refractivity contribution in [2.24, 2.45) is 0 Å². The number of carbonyl (C=O) groups is 1. The fraction of sp³-hybridized carbons (Fsp3) is 0.444. The Morgan fingerprint density at radius 3 is 2.57 bits per heavy atom. The van der Waals surface area contributed by atoms with Crippen LogP contribution < -0.4 is 20.4 Å². The van der Waals surface area contributed by atoms with Crippen molar-refractivity contribution >= 4 is 23.4 Å². The summed E-state index contributed by atoms with van der Waals surface area (Å²) in [6, 6.07) is 3.42. The number of nitrogens with zero attached hydrogens (tertiary/aromatic N) is 5. The molecule has 28 heavy (non-hydrogen) atoms. The molecule has 1 amide bonds. The zero-order chi connectivity index (χ0) is 19.7. The first-order valence-corrected chi connectivity index (χ1v) is 9.11. The van der Waals surface area contributed by atoms with Gasteiger partial charge in [0.15, 0.2) is 0 Å². The molecule has 2 aliphatic heterocycles. The van der Waals surface area contributed by atoms with E-state index in [9.17, 15) is 13.6 Å². The van der Waals surface area contributed by atoms with Crippen LogP contribution in [0, 0.1) is 0 Å². The minimum Gasteiger partial charge on any atom is -0.344 e. The SMILES string of the molecule is C[C@H]1CNCCN1c1ncc(NC(=O)c2ccc(N3CC(F)(F)C3)nc2)cn1. The molecule has 148 valence electrons. The number of halogens is 2. The Morgan fingerprint density at radius 1 is 1.21 bits per heavy atom. The third-order valence-corrected chi connectivity index (χ3v) is 4.83. The Kier molecular flexibility index (Phi) is 4.80. The van der Waals surface area contributed by atoms with E-state index in [1.807, 2.05) is 0 Å². The Hall–Kier alpha value is -2.88. The molecule has 0 aromatic carbocycles. The molecule has 4 heterocycles. The predicted molar refractivity (Wildman–Crippen MR) is 101 cm³/mol. The monoisotopic (exact) mass is 389 g/mol. The second-order valence-corrected chi connectivity index (χ2v) is 7.09. The molecule has 0 aliphatic carbocycles. The average molecular weight is 389 g/mol. The normalized spacial score (nSPS) is 21.2. The standard InChI is InChI=1S/C18H21F2N7O/c1-12-6-21-4-5-27(12)17-23-8-14(9-24-17)25-16(28)13-2-3-15(22-7-13)26-10-18(19,20)11-26/h2-3,7-9,12,21H,4-6,10-11H2,1H3,(H,25,28)/t12-/m0/s1. The van der Waals surface area contributed by atoms with Crippen LogP contribution in [-0.2, 0) is 0 Å². The average Bonchev–Trinajstić information content (AvgIpc) is 2.67. The van der Waals surface area contributed by atoms with Crippen LogP contribution in [0.3, 0.4) is 0 Å². The van der Waals surface area contributed by atoms with Crippen LogP contribution in [-0.4, -0.2) is 65.5 Å². The van der Waals surface area contributed by atoms with Gasteiger partial charge in [0, 0.05) is 31.9 Å². The molecule has 0 unspecified atom stereocenters. The highest BCUT2D eigenvalue weighted by atomic mass is 19.3. The van der Waals surface area contributed by atoms with Crippen LogP contribution in [0.5, 0.6) is 0 Å². The van der Waals surface area contributed by atoms with Gasteiger partial charge in [0.05, 0.1) is 36.7 Å². The number of amides is 1. The molecule has 2 saturated heterocycles. The first-order valence-electron chi connectivity index (χ1n) is 9.11. The number of pyridine rings is 1. The van der Waals surface area contributed by atoms with Gasteiger partial charge in [-0.1, -0.05) is 0 Å². The van der Waals surface area contributed by atoms with Crippen molar-refractivity contribution in [3.63, 3.8) is 0 Å². The zero-order valence-corrected chi connectivity index (χ0v) is 15.4. The van der Waals surface area contributed by atoms with E-state index in [1.54, 1.807) is 24.5 Å². The summed E-state index contributed by atoms with van der Waals surface area (Å²) in [5.41, 5.74) is 0.804. The smallest absolute Gasteiger partial charge is 0.282 e. The molecule has 0 saturated carbocycles. The van der Waals surface area contributed by atoms with Crippen LogP contribution in [0.4, 0.5) is 26.2 Å². The minimum absolute atomic E-state index is 0.296. The van der Waals surface area contributed by atoms with Gasteiger partial charge in [-0.3, -0.25) is 4.79 Å². The summed E-state index contributed by atoms with van der Waals surface area (Å²) in [5, 5.41) is 6.03. The van der Waals surface area contributed by atoms with E-state index in [0.29, 0.717) is 29.1 Å². The van der Waals surface area contributed by atoms with E-state index in [2.05, 4.69) is 37.4 Å². The van der Waals surface area contributed by atoms with Gasteiger partial charge in [-0.05, 0) is 19.1 Å². The third-order valence-electron chi connectivity index (χ3n) is 4.83. The van der Waals surface area contributed by atoms with Crippen LogP contribution in [0.2, 0.25) is 0 Å². The van der Waals surface area contributed by atoms with Gasteiger partial charge in [-0.2, -0.15) is 0 Å². The summed E-state index contributed by atoms with van der Waals surface area (Å²) in [7, 11) is 0.